The smallest absolute Gasteiger partial charge is 0.323 e. The van der Waals surface area contributed by atoms with Gasteiger partial charge in [0.2, 0.25) is 5.91 Å². The minimum absolute atomic E-state index is 0.0620. The highest BCUT2D eigenvalue weighted by Crippen LogP contribution is 2.24. The number of amides is 2. The van der Waals surface area contributed by atoms with Crippen molar-refractivity contribution in [1.82, 2.24) is 9.80 Å². The van der Waals surface area contributed by atoms with Gasteiger partial charge in [-0.3, -0.25) is 19.3 Å². The molecule has 1 aliphatic heterocycles. The number of fused-ring (bicyclic) bond motifs is 1. The number of carbonyl (C=O) groups is 3. The molecule has 0 saturated carbocycles. The molecule has 0 unspecified atom stereocenters. The van der Waals surface area contributed by atoms with Crippen LogP contribution in [0.15, 0.2) is 48.5 Å². The number of hydrogen-bond acceptors (Lipinski definition) is 5. The Morgan fingerprint density at radius 1 is 1.07 bits per heavy atom. The van der Waals surface area contributed by atoms with Crippen LogP contribution in [0, 0.1) is 0 Å². The molecule has 152 valence electrons. The van der Waals surface area contributed by atoms with Gasteiger partial charge < -0.3 is 15.0 Å². The summed E-state index contributed by atoms with van der Waals surface area (Å²) in [5.41, 5.74) is 3.34. The number of benzene rings is 2. The van der Waals surface area contributed by atoms with Crippen LogP contribution in [0.3, 0.4) is 0 Å². The summed E-state index contributed by atoms with van der Waals surface area (Å²) < 4.78 is 4.94. The minimum Gasteiger partial charge on any atom is -0.468 e. The second-order valence-corrected chi connectivity index (χ2v) is 7.24. The van der Waals surface area contributed by atoms with E-state index in [0.29, 0.717) is 24.2 Å². The van der Waals surface area contributed by atoms with Crippen molar-refractivity contribution in [3.63, 3.8) is 0 Å². The largest absolute Gasteiger partial charge is 0.468 e. The zero-order chi connectivity index (χ0) is 21.0. The van der Waals surface area contributed by atoms with Crippen molar-refractivity contribution in [2.24, 2.45) is 0 Å². The van der Waals surface area contributed by atoms with Gasteiger partial charge in [-0.15, -0.1) is 0 Å². The second kappa shape index (κ2) is 8.87. The van der Waals surface area contributed by atoms with Crippen molar-refractivity contribution < 1.29 is 19.1 Å². The molecule has 0 aromatic heterocycles. The Hall–Kier alpha value is -3.19. The molecule has 1 N–H and O–H groups in total. The van der Waals surface area contributed by atoms with Crippen LogP contribution in [0.1, 0.15) is 21.5 Å². The number of nitrogens with zero attached hydrogens (tertiary/aromatic N) is 2. The fraction of sp³-hybridized carbons (Fsp3) is 0.318. The lowest BCUT2D eigenvalue weighted by atomic mass is 9.94. The Balaban J connectivity index is 1.68. The van der Waals surface area contributed by atoms with Crippen LogP contribution in [0.2, 0.25) is 0 Å². The van der Waals surface area contributed by atoms with E-state index in [9.17, 15) is 14.4 Å². The molecule has 2 amide bonds. The lowest BCUT2D eigenvalue weighted by molar-refractivity contribution is -0.148. The number of esters is 1. The van der Waals surface area contributed by atoms with Gasteiger partial charge in [0.05, 0.1) is 13.7 Å². The fourth-order valence-corrected chi connectivity index (χ4v) is 3.45. The third kappa shape index (κ3) is 4.81. The van der Waals surface area contributed by atoms with Gasteiger partial charge in [0.15, 0.2) is 0 Å². The van der Waals surface area contributed by atoms with E-state index in [0.717, 1.165) is 11.1 Å². The highest BCUT2D eigenvalue weighted by Gasteiger charge is 2.33. The SMILES string of the molecule is COC(=O)[C@@H]1Cc2ccccc2CN1CC(=O)Nc1ccc(C(=O)N(C)C)cc1. The number of nitrogens with one attached hydrogen (secondary N) is 1. The molecular formula is C22H25N3O4. The molecule has 7 heteroatoms. The first-order valence-electron chi connectivity index (χ1n) is 9.39. The van der Waals surface area contributed by atoms with Gasteiger partial charge in [-0.2, -0.15) is 0 Å². The van der Waals surface area contributed by atoms with E-state index >= 15 is 0 Å². The molecular weight excluding hydrogens is 370 g/mol. The van der Waals surface area contributed by atoms with Gasteiger partial charge in [-0.25, -0.2) is 0 Å². The first kappa shape index (κ1) is 20.5. The number of ether oxygens (including phenoxy) is 1. The third-order valence-electron chi connectivity index (χ3n) is 4.99. The number of carbonyl (C=O) groups excluding carboxylic acids is 3. The summed E-state index contributed by atoms with van der Waals surface area (Å²) in [6.45, 7) is 0.562. The molecule has 1 aliphatic rings. The molecule has 1 atom stereocenters. The summed E-state index contributed by atoms with van der Waals surface area (Å²) in [5, 5.41) is 2.83. The Kier molecular flexibility index (Phi) is 6.29. The van der Waals surface area contributed by atoms with E-state index in [-0.39, 0.29) is 24.3 Å². The lowest BCUT2D eigenvalue weighted by Crippen LogP contribution is -2.49. The Morgan fingerprint density at radius 2 is 1.72 bits per heavy atom. The topological polar surface area (TPSA) is 79.0 Å². The Labute approximate surface area is 170 Å². The van der Waals surface area contributed by atoms with Crippen LogP contribution in [-0.4, -0.2) is 61.4 Å². The van der Waals surface area contributed by atoms with Crippen LogP contribution in [0.25, 0.3) is 0 Å². The van der Waals surface area contributed by atoms with Crippen LogP contribution in [0.5, 0.6) is 0 Å². The van der Waals surface area contributed by atoms with E-state index in [1.165, 1.54) is 12.0 Å². The zero-order valence-electron chi connectivity index (χ0n) is 16.8. The van der Waals surface area contributed by atoms with E-state index in [1.54, 1.807) is 38.4 Å². The first-order chi connectivity index (χ1) is 13.9. The van der Waals surface area contributed by atoms with Gasteiger partial charge >= 0.3 is 5.97 Å². The van der Waals surface area contributed by atoms with Gasteiger partial charge in [0.25, 0.3) is 5.91 Å². The second-order valence-electron chi connectivity index (χ2n) is 7.24. The molecule has 0 bridgehead atoms. The Bertz CT molecular complexity index is 909. The number of rotatable bonds is 5. The summed E-state index contributed by atoms with van der Waals surface area (Å²) in [7, 11) is 4.73. The van der Waals surface area contributed by atoms with Crippen molar-refractivity contribution in [3.05, 3.63) is 65.2 Å². The molecule has 1 heterocycles. The molecule has 0 fully saturated rings. The summed E-state index contributed by atoms with van der Waals surface area (Å²) in [4.78, 5) is 40.1. The molecule has 2 aromatic rings. The summed E-state index contributed by atoms with van der Waals surface area (Å²) in [6.07, 6.45) is 0.511. The summed E-state index contributed by atoms with van der Waals surface area (Å²) >= 11 is 0. The number of methoxy groups -OCH3 is 1. The molecule has 2 aromatic carbocycles. The van der Waals surface area contributed by atoms with Crippen molar-refractivity contribution in [2.45, 2.75) is 19.0 Å². The highest BCUT2D eigenvalue weighted by molar-refractivity contribution is 5.96. The van der Waals surface area contributed by atoms with Gasteiger partial charge in [-0.1, -0.05) is 24.3 Å². The average molecular weight is 395 g/mol. The van der Waals surface area contributed by atoms with Crippen molar-refractivity contribution in [3.8, 4) is 0 Å². The maximum Gasteiger partial charge on any atom is 0.323 e. The Morgan fingerprint density at radius 3 is 2.34 bits per heavy atom. The maximum atomic E-state index is 12.6. The number of hydrogen-bond donors (Lipinski definition) is 1. The molecule has 0 radical (unpaired) electrons. The molecule has 0 spiro atoms. The average Bonchev–Trinajstić information content (AvgIpc) is 2.72. The summed E-state index contributed by atoms with van der Waals surface area (Å²) in [5.74, 6) is -0.681. The fourth-order valence-electron chi connectivity index (χ4n) is 3.45. The first-order valence-corrected chi connectivity index (χ1v) is 9.39. The third-order valence-corrected chi connectivity index (χ3v) is 4.99. The van der Waals surface area contributed by atoms with Crippen molar-refractivity contribution in [2.75, 3.05) is 33.1 Å². The van der Waals surface area contributed by atoms with E-state index in [2.05, 4.69) is 5.32 Å². The standard InChI is InChI=1S/C22H25N3O4/c1-24(2)21(27)15-8-10-18(11-9-15)23-20(26)14-25-13-17-7-5-4-6-16(17)12-19(25)22(28)29-3/h4-11,19H,12-14H2,1-3H3,(H,23,26)/t19-/m0/s1. The predicted octanol–water partition coefficient (Wildman–Crippen LogP) is 1.93. The van der Waals surface area contributed by atoms with Gasteiger partial charge in [-0.05, 0) is 41.8 Å². The molecule has 0 aliphatic carbocycles. The molecule has 7 nitrogen and oxygen atoms in total. The lowest BCUT2D eigenvalue weighted by Gasteiger charge is -2.34. The zero-order valence-corrected chi connectivity index (χ0v) is 16.8. The number of anilines is 1. The molecule has 0 saturated heterocycles. The van der Waals surface area contributed by atoms with Gasteiger partial charge in [0.1, 0.15) is 6.04 Å². The normalized spacial score (nSPS) is 15.9. The molecule has 3 rings (SSSR count). The van der Waals surface area contributed by atoms with Crippen LogP contribution in [0.4, 0.5) is 5.69 Å². The van der Waals surface area contributed by atoms with Crippen molar-refractivity contribution in [1.29, 1.82) is 0 Å². The minimum atomic E-state index is -0.499. The van der Waals surface area contributed by atoms with E-state index in [1.807, 2.05) is 29.2 Å². The predicted molar refractivity (Wildman–Crippen MR) is 109 cm³/mol. The van der Waals surface area contributed by atoms with Crippen LogP contribution >= 0.6 is 0 Å². The summed E-state index contributed by atoms with van der Waals surface area (Å²) in [6, 6.07) is 14.1. The monoisotopic (exact) mass is 395 g/mol. The van der Waals surface area contributed by atoms with Crippen molar-refractivity contribution >= 4 is 23.5 Å². The van der Waals surface area contributed by atoms with E-state index < -0.39 is 6.04 Å². The molecule has 29 heavy (non-hydrogen) atoms. The quantitative estimate of drug-likeness (QED) is 0.783. The highest BCUT2D eigenvalue weighted by atomic mass is 16.5. The van der Waals surface area contributed by atoms with Crippen LogP contribution < -0.4 is 5.32 Å². The van der Waals surface area contributed by atoms with E-state index in [4.69, 9.17) is 4.74 Å². The van der Waals surface area contributed by atoms with Gasteiger partial charge in [0, 0.05) is 31.9 Å². The maximum absolute atomic E-state index is 12.6. The van der Waals surface area contributed by atoms with Crippen LogP contribution in [-0.2, 0) is 27.3 Å².